The van der Waals surface area contributed by atoms with E-state index in [4.69, 9.17) is 0 Å². The summed E-state index contributed by atoms with van der Waals surface area (Å²) in [5.74, 6) is -1.42. The van der Waals surface area contributed by atoms with E-state index < -0.39 is 21.2 Å². The summed E-state index contributed by atoms with van der Waals surface area (Å²) in [6.45, 7) is 1.81. The Bertz CT molecular complexity index is 637. The van der Waals surface area contributed by atoms with Crippen molar-refractivity contribution in [2.24, 2.45) is 12.5 Å². The molecule has 1 N–H and O–H groups in total. The summed E-state index contributed by atoms with van der Waals surface area (Å²) < 4.78 is 25.6. The van der Waals surface area contributed by atoms with Crippen molar-refractivity contribution >= 4 is 31.7 Å². The number of carbonyl (C=O) groups is 1. The summed E-state index contributed by atoms with van der Waals surface area (Å²) in [5, 5.41) is 13.6. The lowest BCUT2D eigenvalue weighted by Crippen LogP contribution is -2.35. The number of aliphatic carboxylic acids is 1. The summed E-state index contributed by atoms with van der Waals surface area (Å²) in [6.07, 6.45) is 0.320. The number of aryl methyl sites for hydroxylation is 2. The molecule has 0 radical (unpaired) electrons. The molecule has 2 rings (SSSR count). The zero-order valence-electron chi connectivity index (χ0n) is 10.7. The normalized spacial score (nSPS) is 25.6. The number of aromatic nitrogens is 2. The number of halogens is 1. The van der Waals surface area contributed by atoms with Crippen LogP contribution in [0.2, 0.25) is 0 Å². The molecule has 1 aliphatic heterocycles. The summed E-state index contributed by atoms with van der Waals surface area (Å²) in [6, 6.07) is 0. The predicted molar refractivity (Wildman–Crippen MR) is 72.7 cm³/mol. The molecule has 0 spiro atoms. The highest BCUT2D eigenvalue weighted by atomic mass is 79.9. The minimum atomic E-state index is -3.26. The summed E-state index contributed by atoms with van der Waals surface area (Å²) in [7, 11) is -1.54. The van der Waals surface area contributed by atoms with Crippen LogP contribution in [0.15, 0.2) is 4.47 Å². The van der Waals surface area contributed by atoms with Crippen molar-refractivity contribution in [2.45, 2.75) is 19.8 Å². The fraction of sp³-hybridized carbons (Fsp3) is 0.636. The van der Waals surface area contributed by atoms with Gasteiger partial charge in [0.25, 0.3) is 0 Å². The average molecular weight is 351 g/mol. The first-order valence-corrected chi connectivity index (χ1v) is 8.40. The highest BCUT2D eigenvalue weighted by Gasteiger charge is 2.49. The molecule has 0 aliphatic carbocycles. The second-order valence-electron chi connectivity index (χ2n) is 5.07. The third-order valence-corrected chi connectivity index (χ3v) is 6.46. The van der Waals surface area contributed by atoms with E-state index in [0.717, 1.165) is 15.9 Å². The molecule has 106 valence electrons. The van der Waals surface area contributed by atoms with Crippen LogP contribution in [0.25, 0.3) is 0 Å². The predicted octanol–water partition coefficient (Wildman–Crippen LogP) is 0.923. The summed E-state index contributed by atoms with van der Waals surface area (Å²) >= 11 is 3.38. The van der Waals surface area contributed by atoms with Crippen molar-refractivity contribution < 1.29 is 18.3 Å². The Kier molecular flexibility index (Phi) is 3.51. The Morgan fingerprint density at radius 1 is 1.58 bits per heavy atom. The van der Waals surface area contributed by atoms with Gasteiger partial charge in [0.15, 0.2) is 9.84 Å². The Morgan fingerprint density at radius 3 is 2.58 bits per heavy atom. The Morgan fingerprint density at radius 2 is 2.21 bits per heavy atom. The van der Waals surface area contributed by atoms with E-state index in [1.807, 2.05) is 6.92 Å². The van der Waals surface area contributed by atoms with Crippen LogP contribution in [-0.4, -0.2) is 40.8 Å². The maximum atomic E-state index is 11.6. The van der Waals surface area contributed by atoms with E-state index in [0.29, 0.717) is 0 Å². The molecule has 0 bridgehead atoms. The number of carboxylic acid groups (broad SMARTS) is 1. The van der Waals surface area contributed by atoms with Crippen molar-refractivity contribution in [1.82, 2.24) is 9.78 Å². The number of sulfone groups is 1. The van der Waals surface area contributed by atoms with E-state index in [1.165, 1.54) is 0 Å². The molecule has 2 heterocycles. The van der Waals surface area contributed by atoms with Crippen molar-refractivity contribution in [3.8, 4) is 0 Å². The molecule has 1 saturated heterocycles. The molecule has 0 amide bonds. The van der Waals surface area contributed by atoms with Crippen LogP contribution in [0.3, 0.4) is 0 Å². The highest BCUT2D eigenvalue weighted by molar-refractivity contribution is 9.10. The highest BCUT2D eigenvalue weighted by Crippen LogP contribution is 2.38. The molecule has 1 unspecified atom stereocenters. The molecule has 19 heavy (non-hydrogen) atoms. The molecular formula is C11H15BrN2O4S. The van der Waals surface area contributed by atoms with Crippen molar-refractivity contribution in [3.05, 3.63) is 15.9 Å². The van der Waals surface area contributed by atoms with E-state index >= 15 is 0 Å². The molecule has 1 aromatic heterocycles. The Balaban J connectivity index is 2.41. The quantitative estimate of drug-likeness (QED) is 0.875. The van der Waals surface area contributed by atoms with Crippen LogP contribution in [-0.2, 0) is 28.1 Å². The molecule has 1 fully saturated rings. The lowest BCUT2D eigenvalue weighted by atomic mass is 9.83. The second kappa shape index (κ2) is 4.59. The summed E-state index contributed by atoms with van der Waals surface area (Å²) in [4.78, 5) is 11.5. The standard InChI is InChI=1S/C11H15BrN2O4S/c1-7-9(12)8(14(2)13-7)5-11(10(15)16)3-4-19(17,18)6-11/h3-6H2,1-2H3,(H,15,16). The monoisotopic (exact) mass is 350 g/mol. The van der Waals surface area contributed by atoms with Crippen LogP contribution < -0.4 is 0 Å². The lowest BCUT2D eigenvalue weighted by Gasteiger charge is -2.22. The second-order valence-corrected chi connectivity index (χ2v) is 8.05. The van der Waals surface area contributed by atoms with Crippen molar-refractivity contribution in [1.29, 1.82) is 0 Å². The fourth-order valence-electron chi connectivity index (χ4n) is 2.49. The van der Waals surface area contributed by atoms with Gasteiger partial charge in [-0.1, -0.05) is 0 Å². The van der Waals surface area contributed by atoms with Gasteiger partial charge in [0.05, 0.1) is 32.8 Å². The van der Waals surface area contributed by atoms with Gasteiger partial charge in [0, 0.05) is 13.5 Å². The summed E-state index contributed by atoms with van der Waals surface area (Å²) in [5.41, 5.74) is 0.248. The minimum absolute atomic E-state index is 0.0618. The molecule has 6 nitrogen and oxygen atoms in total. The molecule has 8 heteroatoms. The smallest absolute Gasteiger partial charge is 0.311 e. The first-order chi connectivity index (χ1) is 8.67. The first-order valence-electron chi connectivity index (χ1n) is 5.79. The molecule has 1 aromatic rings. The number of hydrogen-bond donors (Lipinski definition) is 1. The zero-order chi connectivity index (χ0) is 14.4. The van der Waals surface area contributed by atoms with Crippen molar-refractivity contribution in [3.63, 3.8) is 0 Å². The van der Waals surface area contributed by atoms with Gasteiger partial charge < -0.3 is 5.11 Å². The number of carboxylic acids is 1. The van der Waals surface area contributed by atoms with Crippen LogP contribution >= 0.6 is 15.9 Å². The van der Waals surface area contributed by atoms with E-state index in [2.05, 4.69) is 21.0 Å². The van der Waals surface area contributed by atoms with E-state index in [-0.39, 0.29) is 24.3 Å². The van der Waals surface area contributed by atoms with Gasteiger partial charge in [-0.15, -0.1) is 0 Å². The number of hydrogen-bond acceptors (Lipinski definition) is 4. The minimum Gasteiger partial charge on any atom is -0.481 e. The van der Waals surface area contributed by atoms with E-state index in [1.54, 1.807) is 11.7 Å². The average Bonchev–Trinajstić information content (AvgIpc) is 2.72. The van der Waals surface area contributed by atoms with Crippen LogP contribution in [0, 0.1) is 12.3 Å². The molecule has 0 aromatic carbocycles. The number of nitrogens with zero attached hydrogens (tertiary/aromatic N) is 2. The van der Waals surface area contributed by atoms with Gasteiger partial charge in [0.2, 0.25) is 0 Å². The van der Waals surface area contributed by atoms with Gasteiger partial charge in [-0.25, -0.2) is 8.42 Å². The van der Waals surface area contributed by atoms with E-state index in [9.17, 15) is 18.3 Å². The maximum absolute atomic E-state index is 11.6. The van der Waals surface area contributed by atoms with Crippen LogP contribution in [0.4, 0.5) is 0 Å². The molecule has 1 atom stereocenters. The van der Waals surface area contributed by atoms with Gasteiger partial charge in [-0.05, 0) is 29.3 Å². The maximum Gasteiger partial charge on any atom is 0.311 e. The van der Waals surface area contributed by atoms with Crippen LogP contribution in [0.1, 0.15) is 17.8 Å². The van der Waals surface area contributed by atoms with Gasteiger partial charge in [0.1, 0.15) is 0 Å². The topological polar surface area (TPSA) is 89.3 Å². The van der Waals surface area contributed by atoms with Gasteiger partial charge in [-0.2, -0.15) is 5.10 Å². The van der Waals surface area contributed by atoms with Crippen molar-refractivity contribution in [2.75, 3.05) is 11.5 Å². The van der Waals surface area contributed by atoms with Crippen LogP contribution in [0.5, 0.6) is 0 Å². The third kappa shape index (κ3) is 2.55. The number of rotatable bonds is 3. The first kappa shape index (κ1) is 14.5. The third-order valence-electron chi connectivity index (χ3n) is 3.61. The fourth-order valence-corrected chi connectivity index (χ4v) is 5.03. The SMILES string of the molecule is Cc1nn(C)c(CC2(C(=O)O)CCS(=O)(=O)C2)c1Br. The largest absolute Gasteiger partial charge is 0.481 e. The van der Waals surface area contributed by atoms with Gasteiger partial charge in [-0.3, -0.25) is 9.48 Å². The molecule has 0 saturated carbocycles. The lowest BCUT2D eigenvalue weighted by molar-refractivity contribution is -0.147. The molecular weight excluding hydrogens is 336 g/mol. The zero-order valence-corrected chi connectivity index (χ0v) is 13.1. The van der Waals surface area contributed by atoms with Gasteiger partial charge >= 0.3 is 5.97 Å². The Hall–Kier alpha value is -0.890. The Labute approximate surface area is 119 Å². The molecule has 1 aliphatic rings.